The predicted octanol–water partition coefficient (Wildman–Crippen LogP) is 8.35. The van der Waals surface area contributed by atoms with Crippen molar-refractivity contribution >= 4 is 85.7 Å². The second-order valence-corrected chi connectivity index (χ2v) is 18.8. The third-order valence-electron chi connectivity index (χ3n) is 9.49. The Morgan fingerprint density at radius 1 is 0.804 bits per heavy atom. The number of aromatic carboxylic acids is 1. The molecule has 0 saturated heterocycles. The molecule has 0 amide bonds. The van der Waals surface area contributed by atoms with Gasteiger partial charge in [0.2, 0.25) is 0 Å². The first kappa shape index (κ1) is 49.8. The number of esters is 2. The van der Waals surface area contributed by atoms with Crippen LogP contribution < -0.4 is 10.0 Å². The summed E-state index contributed by atoms with van der Waals surface area (Å²) in [4.78, 5) is 35.2. The lowest BCUT2D eigenvalue weighted by atomic mass is 9.82. The molecule has 51 heavy (non-hydrogen) atoms. The van der Waals surface area contributed by atoms with Gasteiger partial charge in [-0.05, 0) is 183 Å². The number of likely N-dealkylation sites (N-methyl/N-ethyl adjacent to an activating group) is 1. The molecule has 0 bridgehead atoms. The quantitative estimate of drug-likeness (QED) is 0.132. The highest BCUT2D eigenvalue weighted by atomic mass is 127. The van der Waals surface area contributed by atoms with Crippen molar-refractivity contribution in [2.24, 2.45) is 10.8 Å². The van der Waals surface area contributed by atoms with E-state index in [1.807, 2.05) is 119 Å². The van der Waals surface area contributed by atoms with Crippen LogP contribution in [0.15, 0.2) is 36.4 Å². The normalized spacial score (nSPS) is 13.8. The monoisotopic (exact) mass is 1050 g/mol. The van der Waals surface area contributed by atoms with E-state index in [1.54, 1.807) is 18.2 Å². The minimum atomic E-state index is -1.11. The third-order valence-corrected chi connectivity index (χ3v) is 13.4. The summed E-state index contributed by atoms with van der Waals surface area (Å²) in [5.74, 6) is -0.895. The molecule has 0 radical (unpaired) electrons. The van der Waals surface area contributed by atoms with Gasteiger partial charge in [0.15, 0.2) is 0 Å². The largest absolute Gasteiger partial charge is 0.545 e. The van der Waals surface area contributed by atoms with Gasteiger partial charge in [0.1, 0.15) is 24.5 Å². The molecule has 0 atom stereocenters. The Balaban J connectivity index is 0.000000655. The van der Waals surface area contributed by atoms with Gasteiger partial charge in [-0.2, -0.15) is 0 Å². The van der Waals surface area contributed by atoms with Crippen molar-refractivity contribution in [1.82, 2.24) is 0 Å². The second kappa shape index (κ2) is 22.9. The number of nitrogens with one attached hydrogen (secondary N) is 1. The Hall–Kier alpha value is -1.20. The summed E-state index contributed by atoms with van der Waals surface area (Å²) in [6.07, 6.45) is 7.20. The minimum absolute atomic E-state index is 0.0376. The van der Waals surface area contributed by atoms with E-state index in [0.717, 1.165) is 49.4 Å². The van der Waals surface area contributed by atoms with Gasteiger partial charge in [0.05, 0.1) is 30.9 Å². The maximum absolute atomic E-state index is 11.8. The number of phenolic OH excluding ortho intramolecular Hbond substituents is 1. The number of hydrogen-bond acceptors (Lipinski definition) is 7. The van der Waals surface area contributed by atoms with Crippen LogP contribution in [0.3, 0.4) is 0 Å². The zero-order valence-corrected chi connectivity index (χ0v) is 39.3. The van der Waals surface area contributed by atoms with E-state index in [1.165, 1.54) is 23.3 Å². The molecule has 2 aromatic rings. The average Bonchev–Trinajstić information content (AvgIpc) is 3.49. The summed E-state index contributed by atoms with van der Waals surface area (Å²) in [6.45, 7) is 21.8. The maximum Gasteiger partial charge on any atom is 0.312 e. The Kier molecular flexibility index (Phi) is 22.3. The van der Waals surface area contributed by atoms with Gasteiger partial charge < -0.3 is 29.4 Å². The molecule has 11 heteroatoms. The molecule has 0 aliphatic heterocycles. The van der Waals surface area contributed by atoms with E-state index in [2.05, 4.69) is 50.3 Å². The van der Waals surface area contributed by atoms with E-state index in [0.29, 0.717) is 17.9 Å². The molecule has 0 heterocycles. The Morgan fingerprint density at radius 2 is 1.27 bits per heavy atom. The molecular formula is C40H62I3NO7. The number of carboxylic acid groups (broad SMARTS) is 1. The molecule has 290 valence electrons. The number of aromatic hydroxyl groups is 1. The van der Waals surface area contributed by atoms with Gasteiger partial charge in [0.25, 0.3) is 0 Å². The number of ether oxygens (including phenoxy) is 2. The zero-order chi connectivity index (χ0) is 39.8. The fraction of sp³-hybridized carbons (Fsp3) is 0.625. The number of rotatable bonds is 11. The number of benzene rings is 2. The van der Waals surface area contributed by atoms with E-state index in [9.17, 15) is 19.5 Å². The number of quaternary nitrogens is 1. The smallest absolute Gasteiger partial charge is 0.312 e. The molecule has 0 spiro atoms. The van der Waals surface area contributed by atoms with Gasteiger partial charge in [0, 0.05) is 16.3 Å². The molecule has 1 aliphatic carbocycles. The van der Waals surface area contributed by atoms with Crippen LogP contribution in [-0.4, -0.2) is 55.9 Å². The van der Waals surface area contributed by atoms with E-state index < -0.39 is 5.97 Å². The van der Waals surface area contributed by atoms with Gasteiger partial charge >= 0.3 is 11.9 Å². The van der Waals surface area contributed by atoms with Crippen molar-refractivity contribution < 1.29 is 39.0 Å². The number of hydrogen-bond donors (Lipinski definition) is 2. The van der Waals surface area contributed by atoms with Crippen molar-refractivity contribution in [3.8, 4) is 5.75 Å². The summed E-state index contributed by atoms with van der Waals surface area (Å²) in [7, 11) is 4.08. The zero-order valence-electron chi connectivity index (χ0n) is 32.9. The summed E-state index contributed by atoms with van der Waals surface area (Å²) in [5, 5.41) is 19.8. The first-order chi connectivity index (χ1) is 23.4. The Labute approximate surface area is 349 Å². The topological polar surface area (TPSA) is 117 Å². The SMILES string of the molecule is CCC(C)(C)C(=O)OC1(C)CCCC1.CCC(C)(C)C(=O)OCC[NH+](C)C.CCC(C)(C)c1ccc(O)cc1.O=C([O-])c1c(I)ccc(I)c1I. The van der Waals surface area contributed by atoms with E-state index in [4.69, 9.17) is 14.6 Å². The molecule has 8 nitrogen and oxygen atoms in total. The lowest BCUT2D eigenvalue weighted by Gasteiger charge is -2.29. The van der Waals surface area contributed by atoms with E-state index >= 15 is 0 Å². The van der Waals surface area contributed by atoms with Crippen LogP contribution in [0, 0.1) is 21.5 Å². The molecule has 2 N–H and O–H groups in total. The lowest BCUT2D eigenvalue weighted by Crippen LogP contribution is -3.06. The van der Waals surface area contributed by atoms with Crippen molar-refractivity contribution in [2.75, 3.05) is 27.2 Å². The fourth-order valence-corrected chi connectivity index (χ4v) is 6.58. The molecule has 2 aromatic carbocycles. The molecule has 0 unspecified atom stereocenters. The first-order valence-corrected chi connectivity index (χ1v) is 21.0. The van der Waals surface area contributed by atoms with Crippen molar-refractivity contribution in [2.45, 2.75) is 125 Å². The van der Waals surface area contributed by atoms with Crippen LogP contribution in [0.25, 0.3) is 0 Å². The number of halogens is 3. The number of phenols is 1. The lowest BCUT2D eigenvalue weighted by molar-refractivity contribution is -0.858. The highest BCUT2D eigenvalue weighted by Gasteiger charge is 2.37. The van der Waals surface area contributed by atoms with Crippen LogP contribution in [0.5, 0.6) is 5.75 Å². The van der Waals surface area contributed by atoms with Gasteiger partial charge in [-0.25, -0.2) is 0 Å². The summed E-state index contributed by atoms with van der Waals surface area (Å²) < 4.78 is 13.2. The fourth-order valence-electron chi connectivity index (χ4n) is 4.25. The molecule has 1 fully saturated rings. The van der Waals surface area contributed by atoms with Crippen LogP contribution in [0.2, 0.25) is 0 Å². The van der Waals surface area contributed by atoms with Crippen LogP contribution in [-0.2, 0) is 24.5 Å². The third kappa shape index (κ3) is 18.1. The summed E-state index contributed by atoms with van der Waals surface area (Å²) in [6, 6.07) is 11.1. The van der Waals surface area contributed by atoms with E-state index in [-0.39, 0.29) is 33.8 Å². The van der Waals surface area contributed by atoms with Crippen molar-refractivity contribution in [3.05, 3.63) is 58.2 Å². The number of carbonyl (C=O) groups is 3. The number of carbonyl (C=O) groups excluding carboxylic acids is 3. The van der Waals surface area contributed by atoms with Gasteiger partial charge in [-0.3, -0.25) is 9.59 Å². The number of carboxylic acids is 1. The van der Waals surface area contributed by atoms with Gasteiger partial charge in [-0.1, -0.05) is 46.8 Å². The molecule has 1 aliphatic rings. The summed E-state index contributed by atoms with van der Waals surface area (Å²) in [5.41, 5.74) is 0.954. The Bertz CT molecular complexity index is 1380. The molecule has 1 saturated carbocycles. The molecule has 0 aromatic heterocycles. The average molecular weight is 1050 g/mol. The molecular weight excluding hydrogens is 987 g/mol. The van der Waals surface area contributed by atoms with Crippen molar-refractivity contribution in [1.29, 1.82) is 0 Å². The standard InChI is InChI=1S/C12H22O2.C11H16O.C10H21NO2.C7H3I3O2/c1-5-11(2,3)10(13)14-12(4)8-6-7-9-12;1-4-11(2,3)9-5-7-10(12)8-6-9;1-6-10(2,3)9(12)13-8-7-11(4)5;8-3-1-2-4(9)6(10)5(3)7(11)12/h5-9H2,1-4H3;5-8,12H,4H2,1-3H3;6-8H2,1-5H3;1-2H,(H,11,12). The van der Waals surface area contributed by atoms with Crippen LogP contribution in [0.4, 0.5) is 0 Å². The first-order valence-electron chi connectivity index (χ1n) is 17.7. The van der Waals surface area contributed by atoms with Crippen LogP contribution >= 0.6 is 67.8 Å². The molecule has 3 rings (SSSR count). The highest BCUT2D eigenvalue weighted by molar-refractivity contribution is 14.1. The highest BCUT2D eigenvalue weighted by Crippen LogP contribution is 2.35. The van der Waals surface area contributed by atoms with Crippen molar-refractivity contribution in [3.63, 3.8) is 0 Å². The maximum atomic E-state index is 11.8. The predicted molar refractivity (Wildman–Crippen MR) is 230 cm³/mol. The second-order valence-electron chi connectivity index (χ2n) is 15.4. The minimum Gasteiger partial charge on any atom is -0.545 e. The Morgan fingerprint density at radius 3 is 1.69 bits per heavy atom. The van der Waals surface area contributed by atoms with Crippen LogP contribution in [0.1, 0.15) is 130 Å². The van der Waals surface area contributed by atoms with Gasteiger partial charge in [-0.15, -0.1) is 0 Å². The summed E-state index contributed by atoms with van der Waals surface area (Å²) >= 11 is 6.10.